The molecule has 0 aliphatic carbocycles. The second-order valence-electron chi connectivity index (χ2n) is 6.77. The van der Waals surface area contributed by atoms with Crippen molar-refractivity contribution in [2.75, 3.05) is 0 Å². The van der Waals surface area contributed by atoms with Gasteiger partial charge in [0.1, 0.15) is 6.04 Å². The Balaban J connectivity index is 1.67. The van der Waals surface area contributed by atoms with E-state index in [0.717, 1.165) is 16.7 Å². The number of benzene rings is 2. The van der Waals surface area contributed by atoms with Crippen LogP contribution in [0, 0.1) is 0 Å². The van der Waals surface area contributed by atoms with E-state index in [-0.39, 0.29) is 11.9 Å². The van der Waals surface area contributed by atoms with Crippen molar-refractivity contribution in [3.8, 4) is 11.1 Å². The van der Waals surface area contributed by atoms with Crippen LogP contribution in [0.3, 0.4) is 0 Å². The maximum absolute atomic E-state index is 13.3. The predicted molar refractivity (Wildman–Crippen MR) is 111 cm³/mol. The van der Waals surface area contributed by atoms with E-state index in [0.29, 0.717) is 23.4 Å². The zero-order valence-corrected chi connectivity index (χ0v) is 16.5. The van der Waals surface area contributed by atoms with Crippen molar-refractivity contribution in [1.82, 2.24) is 4.90 Å². The molecule has 142 valence electrons. The largest absolute Gasteiger partial charge is 0.480 e. The van der Waals surface area contributed by atoms with Crippen LogP contribution in [-0.4, -0.2) is 27.9 Å². The van der Waals surface area contributed by atoms with Gasteiger partial charge >= 0.3 is 5.97 Å². The summed E-state index contributed by atoms with van der Waals surface area (Å²) in [4.78, 5) is 26.5. The van der Waals surface area contributed by atoms with Gasteiger partial charge in [0, 0.05) is 10.6 Å². The summed E-state index contributed by atoms with van der Waals surface area (Å²) >= 11 is 7.96. The molecular weight excluding hydrogens is 394 g/mol. The molecule has 4 nitrogen and oxygen atoms in total. The first-order valence-corrected chi connectivity index (χ1v) is 10.3. The highest BCUT2D eigenvalue weighted by molar-refractivity contribution is 7.08. The zero-order valence-electron chi connectivity index (χ0n) is 14.9. The monoisotopic (exact) mass is 411 g/mol. The van der Waals surface area contributed by atoms with Crippen molar-refractivity contribution < 1.29 is 14.7 Å². The minimum atomic E-state index is -0.988. The molecule has 28 heavy (non-hydrogen) atoms. The Hall–Kier alpha value is -2.63. The lowest BCUT2D eigenvalue weighted by atomic mass is 10.0. The number of carbonyl (C=O) groups is 2. The molecule has 1 N–H and O–H groups in total. The first-order valence-electron chi connectivity index (χ1n) is 8.99. The smallest absolute Gasteiger partial charge is 0.326 e. The quantitative estimate of drug-likeness (QED) is 0.616. The van der Waals surface area contributed by atoms with Gasteiger partial charge in [0.05, 0.1) is 6.04 Å². The van der Waals surface area contributed by atoms with Gasteiger partial charge in [0.2, 0.25) is 0 Å². The van der Waals surface area contributed by atoms with E-state index in [1.54, 1.807) is 29.5 Å². The number of hydrogen-bond acceptors (Lipinski definition) is 3. The third kappa shape index (κ3) is 3.43. The highest BCUT2D eigenvalue weighted by atomic mass is 35.5. The summed E-state index contributed by atoms with van der Waals surface area (Å²) in [5.41, 5.74) is 3.39. The van der Waals surface area contributed by atoms with Crippen LogP contribution < -0.4 is 0 Å². The number of nitrogens with zero attached hydrogens (tertiary/aromatic N) is 1. The van der Waals surface area contributed by atoms with E-state index in [2.05, 4.69) is 0 Å². The Morgan fingerprint density at radius 1 is 1.00 bits per heavy atom. The molecule has 0 saturated carbocycles. The first-order chi connectivity index (χ1) is 13.6. The number of halogens is 1. The number of hydrogen-bond donors (Lipinski definition) is 1. The highest BCUT2D eigenvalue weighted by Gasteiger charge is 2.42. The van der Waals surface area contributed by atoms with Crippen molar-refractivity contribution >= 4 is 34.8 Å². The summed E-state index contributed by atoms with van der Waals surface area (Å²) in [6.07, 6.45) is 0.976. The second kappa shape index (κ2) is 7.78. The molecular formula is C22H18ClNO3S. The Kier molecular flexibility index (Phi) is 5.20. The third-order valence-corrected chi connectivity index (χ3v) is 6.18. The molecule has 0 unspecified atom stereocenters. The first kappa shape index (κ1) is 18.7. The number of carbonyl (C=O) groups excluding carboxylic acids is 1. The van der Waals surface area contributed by atoms with E-state index in [1.807, 2.05) is 47.2 Å². The zero-order chi connectivity index (χ0) is 19.7. The van der Waals surface area contributed by atoms with Crippen molar-refractivity contribution in [2.24, 2.45) is 0 Å². The fraction of sp³-hybridized carbons (Fsp3) is 0.182. The topological polar surface area (TPSA) is 57.6 Å². The maximum atomic E-state index is 13.3. The molecule has 1 aromatic heterocycles. The van der Waals surface area contributed by atoms with E-state index < -0.39 is 12.0 Å². The van der Waals surface area contributed by atoms with Gasteiger partial charge in [0.15, 0.2) is 0 Å². The standard InChI is InChI=1S/C22H18ClNO3S/c23-18-4-2-1-3-17(18)19-9-10-20(22(26)27)24(19)21(25)15-7-5-14(6-8-15)16-11-12-28-13-16/h1-8,11-13,19-20H,9-10H2,(H,26,27)/t19-,20+/m1/s1. The molecule has 6 heteroatoms. The Bertz CT molecular complexity index is 1000. The van der Waals surface area contributed by atoms with Crippen LogP contribution in [-0.2, 0) is 4.79 Å². The number of amides is 1. The van der Waals surface area contributed by atoms with Crippen LogP contribution in [0.15, 0.2) is 65.4 Å². The summed E-state index contributed by atoms with van der Waals surface area (Å²) in [6.45, 7) is 0. The molecule has 2 aromatic carbocycles. The van der Waals surface area contributed by atoms with Crippen molar-refractivity contribution in [3.05, 3.63) is 81.5 Å². The summed E-state index contributed by atoms with van der Waals surface area (Å²) in [7, 11) is 0. The number of rotatable bonds is 4. The van der Waals surface area contributed by atoms with Crippen LogP contribution in [0.25, 0.3) is 11.1 Å². The number of aliphatic carboxylic acids is 1. The van der Waals surface area contributed by atoms with Gasteiger partial charge in [-0.2, -0.15) is 11.3 Å². The fourth-order valence-corrected chi connectivity index (χ4v) is 4.70. The van der Waals surface area contributed by atoms with Gasteiger partial charge < -0.3 is 10.0 Å². The molecule has 1 aliphatic rings. The van der Waals surface area contributed by atoms with Crippen LogP contribution >= 0.6 is 22.9 Å². The summed E-state index contributed by atoms with van der Waals surface area (Å²) < 4.78 is 0. The van der Waals surface area contributed by atoms with E-state index >= 15 is 0 Å². The number of carboxylic acids is 1. The van der Waals surface area contributed by atoms with E-state index in [4.69, 9.17) is 11.6 Å². The molecule has 1 amide bonds. The maximum Gasteiger partial charge on any atom is 0.326 e. The Morgan fingerprint density at radius 3 is 2.39 bits per heavy atom. The molecule has 2 heterocycles. The molecule has 0 radical (unpaired) electrons. The normalized spacial score (nSPS) is 19.0. The van der Waals surface area contributed by atoms with Crippen LogP contribution in [0.5, 0.6) is 0 Å². The lowest BCUT2D eigenvalue weighted by Crippen LogP contribution is -2.41. The van der Waals surface area contributed by atoms with Gasteiger partial charge in [0.25, 0.3) is 5.91 Å². The molecule has 1 aliphatic heterocycles. The third-order valence-electron chi connectivity index (χ3n) is 5.16. The molecule has 0 spiro atoms. The van der Waals surface area contributed by atoms with Crippen LogP contribution in [0.4, 0.5) is 0 Å². The van der Waals surface area contributed by atoms with Gasteiger partial charge in [-0.15, -0.1) is 0 Å². The molecule has 1 saturated heterocycles. The van der Waals surface area contributed by atoms with Crippen molar-refractivity contribution in [3.63, 3.8) is 0 Å². The van der Waals surface area contributed by atoms with Crippen LogP contribution in [0.1, 0.15) is 34.8 Å². The predicted octanol–water partition coefficient (Wildman–Crippen LogP) is 5.50. The molecule has 2 atom stereocenters. The summed E-state index contributed by atoms with van der Waals surface area (Å²) in [5.74, 6) is -1.27. The van der Waals surface area contributed by atoms with Crippen molar-refractivity contribution in [1.29, 1.82) is 0 Å². The second-order valence-corrected chi connectivity index (χ2v) is 7.96. The van der Waals surface area contributed by atoms with Gasteiger partial charge in [-0.05, 0) is 64.6 Å². The van der Waals surface area contributed by atoms with Crippen molar-refractivity contribution in [2.45, 2.75) is 24.9 Å². The molecule has 1 fully saturated rings. The average molecular weight is 412 g/mol. The Morgan fingerprint density at radius 2 is 1.75 bits per heavy atom. The molecule has 0 bridgehead atoms. The minimum absolute atomic E-state index is 0.285. The SMILES string of the molecule is O=C(O)[C@@H]1CC[C@H](c2ccccc2Cl)N1C(=O)c1ccc(-c2ccsc2)cc1. The van der Waals surface area contributed by atoms with Crippen LogP contribution in [0.2, 0.25) is 5.02 Å². The molecule has 3 aromatic rings. The molecule has 4 rings (SSSR count). The van der Waals surface area contributed by atoms with E-state index in [1.165, 1.54) is 4.90 Å². The fourth-order valence-electron chi connectivity index (χ4n) is 3.77. The Labute approximate surface area is 172 Å². The number of thiophene rings is 1. The van der Waals surface area contributed by atoms with Gasteiger partial charge in [-0.3, -0.25) is 4.79 Å². The van der Waals surface area contributed by atoms with E-state index in [9.17, 15) is 14.7 Å². The lowest BCUT2D eigenvalue weighted by molar-refractivity contribution is -0.141. The number of likely N-dealkylation sites (tertiary alicyclic amines) is 1. The summed E-state index contributed by atoms with van der Waals surface area (Å²) in [6, 6.07) is 15.4. The highest BCUT2D eigenvalue weighted by Crippen LogP contribution is 2.40. The minimum Gasteiger partial charge on any atom is -0.480 e. The average Bonchev–Trinajstić information content (AvgIpc) is 3.38. The lowest BCUT2D eigenvalue weighted by Gasteiger charge is -2.29. The number of carboxylic acid groups (broad SMARTS) is 1. The van der Waals surface area contributed by atoms with Gasteiger partial charge in [-0.1, -0.05) is 41.9 Å². The summed E-state index contributed by atoms with van der Waals surface area (Å²) in [5, 5.41) is 14.3. The van der Waals surface area contributed by atoms with Gasteiger partial charge in [-0.25, -0.2) is 4.79 Å².